The third kappa shape index (κ3) is 6.07. The van der Waals surface area contributed by atoms with Crippen LogP contribution in [-0.2, 0) is 4.79 Å². The molecule has 2 unspecified atom stereocenters. The summed E-state index contributed by atoms with van der Waals surface area (Å²) in [5.41, 5.74) is 1.58. The van der Waals surface area contributed by atoms with Gasteiger partial charge in [-0.15, -0.1) is 0 Å². The molecule has 1 aromatic heterocycles. The van der Waals surface area contributed by atoms with E-state index in [0.29, 0.717) is 35.9 Å². The lowest BCUT2D eigenvalue weighted by Gasteiger charge is -2.38. The van der Waals surface area contributed by atoms with Crippen LogP contribution in [-0.4, -0.2) is 48.1 Å². The third-order valence-corrected chi connectivity index (χ3v) is 5.55. The Morgan fingerprint density at radius 3 is 2.60 bits per heavy atom. The molecule has 30 heavy (non-hydrogen) atoms. The number of nitrogens with zero attached hydrogens (tertiary/aromatic N) is 2. The number of ether oxygens (including phenoxy) is 2. The number of nitrogens with one attached hydrogen (secondary N) is 1. The van der Waals surface area contributed by atoms with Crippen molar-refractivity contribution in [2.24, 2.45) is 0 Å². The van der Waals surface area contributed by atoms with Gasteiger partial charge in [-0.2, -0.15) is 0 Å². The number of piperidine rings is 1. The van der Waals surface area contributed by atoms with Crippen LogP contribution >= 0.6 is 0 Å². The zero-order valence-electron chi connectivity index (χ0n) is 18.0. The lowest BCUT2D eigenvalue weighted by atomic mass is 9.98. The molecule has 0 bridgehead atoms. The molecule has 2 atom stereocenters. The minimum absolute atomic E-state index is 0.209. The number of hydrogen-bond donors (Lipinski definition) is 1. The first-order valence-electron chi connectivity index (χ1n) is 10.5. The van der Waals surface area contributed by atoms with Crippen molar-refractivity contribution in [1.82, 2.24) is 9.88 Å². The molecule has 1 saturated heterocycles. The summed E-state index contributed by atoms with van der Waals surface area (Å²) in [5.74, 6) is 1.07. The van der Waals surface area contributed by atoms with Gasteiger partial charge in [-0.25, -0.2) is 0 Å². The Kier molecular flexibility index (Phi) is 7.85. The first-order valence-corrected chi connectivity index (χ1v) is 10.5. The number of carbonyl (C=O) groups excluding carboxylic acids is 1. The average Bonchev–Trinajstić information content (AvgIpc) is 2.75. The molecule has 6 heteroatoms. The summed E-state index contributed by atoms with van der Waals surface area (Å²) in [5, 5.41) is 2.87. The van der Waals surface area contributed by atoms with Crippen LogP contribution in [0.5, 0.6) is 11.5 Å². The van der Waals surface area contributed by atoms with Gasteiger partial charge in [-0.1, -0.05) is 6.42 Å². The van der Waals surface area contributed by atoms with Gasteiger partial charge in [0, 0.05) is 48.9 Å². The van der Waals surface area contributed by atoms with Gasteiger partial charge >= 0.3 is 0 Å². The number of aromatic nitrogens is 1. The van der Waals surface area contributed by atoms with E-state index in [0.717, 1.165) is 12.1 Å². The van der Waals surface area contributed by atoms with E-state index in [1.165, 1.54) is 25.3 Å². The van der Waals surface area contributed by atoms with Crippen molar-refractivity contribution in [3.05, 3.63) is 54.4 Å². The van der Waals surface area contributed by atoms with Crippen LogP contribution < -0.4 is 14.8 Å². The molecule has 1 amide bonds. The molecule has 0 radical (unpaired) electrons. The Morgan fingerprint density at radius 2 is 1.90 bits per heavy atom. The molecule has 6 nitrogen and oxygen atoms in total. The smallest absolute Gasteiger partial charge is 0.248 e. The summed E-state index contributed by atoms with van der Waals surface area (Å²) in [6.45, 7) is 6.01. The Bertz CT molecular complexity index is 844. The second-order valence-corrected chi connectivity index (χ2v) is 7.68. The van der Waals surface area contributed by atoms with Crippen molar-refractivity contribution in [2.75, 3.05) is 25.6 Å². The maximum absolute atomic E-state index is 12.3. The second-order valence-electron chi connectivity index (χ2n) is 7.68. The summed E-state index contributed by atoms with van der Waals surface area (Å²) < 4.78 is 11.5. The van der Waals surface area contributed by atoms with Crippen molar-refractivity contribution < 1.29 is 14.3 Å². The highest BCUT2D eigenvalue weighted by Crippen LogP contribution is 2.30. The van der Waals surface area contributed by atoms with Crippen molar-refractivity contribution in [3.63, 3.8) is 0 Å². The molecular weight excluding hydrogens is 378 g/mol. The standard InChI is InChI=1S/C24H31N3O3/c1-18-5-4-6-19(2)27(18)15-16-30-23-17-21(8-9-22(23)29-3)26-24(28)10-7-20-11-13-25-14-12-20/h7-14,17-19H,4-6,15-16H2,1-3H3,(H,26,28). The van der Waals surface area contributed by atoms with Crippen molar-refractivity contribution in [3.8, 4) is 11.5 Å². The van der Waals surface area contributed by atoms with E-state index in [2.05, 4.69) is 29.0 Å². The zero-order valence-corrected chi connectivity index (χ0v) is 18.0. The molecule has 160 valence electrons. The Balaban J connectivity index is 1.59. The predicted octanol–water partition coefficient (Wildman–Crippen LogP) is 4.38. The van der Waals surface area contributed by atoms with Gasteiger partial charge in [0.1, 0.15) is 6.61 Å². The lowest BCUT2D eigenvalue weighted by molar-refractivity contribution is -0.111. The number of likely N-dealkylation sites (tertiary alicyclic amines) is 1. The highest BCUT2D eigenvalue weighted by atomic mass is 16.5. The van der Waals surface area contributed by atoms with Crippen molar-refractivity contribution in [1.29, 1.82) is 0 Å². The van der Waals surface area contributed by atoms with Crippen LogP contribution in [0.1, 0.15) is 38.7 Å². The van der Waals surface area contributed by atoms with E-state index < -0.39 is 0 Å². The van der Waals surface area contributed by atoms with Gasteiger partial charge in [0.15, 0.2) is 11.5 Å². The van der Waals surface area contributed by atoms with Crippen LogP contribution in [0.25, 0.3) is 6.08 Å². The maximum atomic E-state index is 12.3. The molecule has 1 N–H and O–H groups in total. The van der Waals surface area contributed by atoms with Gasteiger partial charge < -0.3 is 14.8 Å². The fourth-order valence-corrected chi connectivity index (χ4v) is 3.87. The quantitative estimate of drug-likeness (QED) is 0.656. The largest absolute Gasteiger partial charge is 0.493 e. The van der Waals surface area contributed by atoms with Gasteiger partial charge in [-0.05, 0) is 62.6 Å². The zero-order chi connectivity index (χ0) is 21.3. The molecule has 2 aromatic rings. The van der Waals surface area contributed by atoms with Crippen LogP contribution in [0.3, 0.4) is 0 Å². The summed E-state index contributed by atoms with van der Waals surface area (Å²) in [6, 6.07) is 10.3. The summed E-state index contributed by atoms with van der Waals surface area (Å²) in [6.07, 6.45) is 10.4. The van der Waals surface area contributed by atoms with E-state index >= 15 is 0 Å². The average molecular weight is 410 g/mol. The van der Waals surface area contributed by atoms with E-state index in [1.807, 2.05) is 18.2 Å². The number of methoxy groups -OCH3 is 1. The van der Waals surface area contributed by atoms with Crippen LogP contribution in [0.15, 0.2) is 48.8 Å². The SMILES string of the molecule is COc1ccc(NC(=O)C=Cc2ccncc2)cc1OCCN1C(C)CCCC1C. The number of rotatable bonds is 8. The number of benzene rings is 1. The number of anilines is 1. The molecule has 0 aliphatic carbocycles. The van der Waals surface area contributed by atoms with E-state index in [1.54, 1.807) is 37.7 Å². The monoisotopic (exact) mass is 409 g/mol. The van der Waals surface area contributed by atoms with Crippen LogP contribution in [0, 0.1) is 0 Å². The number of hydrogen-bond acceptors (Lipinski definition) is 5. The molecule has 1 fully saturated rings. The fraction of sp³-hybridized carbons (Fsp3) is 0.417. The molecular formula is C24H31N3O3. The van der Waals surface area contributed by atoms with Crippen LogP contribution in [0.2, 0.25) is 0 Å². The molecule has 1 aliphatic rings. The van der Waals surface area contributed by atoms with Gasteiger partial charge in [-0.3, -0.25) is 14.7 Å². The Hall–Kier alpha value is -2.86. The summed E-state index contributed by atoms with van der Waals surface area (Å²) >= 11 is 0. The first-order chi connectivity index (χ1) is 14.6. The number of pyridine rings is 1. The molecule has 1 aromatic carbocycles. The van der Waals surface area contributed by atoms with Crippen molar-refractivity contribution in [2.45, 2.75) is 45.2 Å². The van der Waals surface area contributed by atoms with E-state index in [4.69, 9.17) is 9.47 Å². The fourth-order valence-electron chi connectivity index (χ4n) is 3.87. The van der Waals surface area contributed by atoms with Crippen LogP contribution in [0.4, 0.5) is 5.69 Å². The molecule has 3 rings (SSSR count). The molecule has 1 aliphatic heterocycles. The second kappa shape index (κ2) is 10.8. The summed E-state index contributed by atoms with van der Waals surface area (Å²) in [7, 11) is 1.62. The first kappa shape index (κ1) is 21.8. The third-order valence-electron chi connectivity index (χ3n) is 5.55. The van der Waals surface area contributed by atoms with Crippen molar-refractivity contribution >= 4 is 17.7 Å². The minimum Gasteiger partial charge on any atom is -0.493 e. The van der Waals surface area contributed by atoms with Gasteiger partial charge in [0.05, 0.1) is 7.11 Å². The molecule has 0 spiro atoms. The topological polar surface area (TPSA) is 63.7 Å². The molecule has 0 saturated carbocycles. The van der Waals surface area contributed by atoms with Gasteiger partial charge in [0.25, 0.3) is 0 Å². The minimum atomic E-state index is -0.209. The predicted molar refractivity (Wildman–Crippen MR) is 120 cm³/mol. The van der Waals surface area contributed by atoms with Gasteiger partial charge in [0.2, 0.25) is 5.91 Å². The molecule has 2 heterocycles. The summed E-state index contributed by atoms with van der Waals surface area (Å²) in [4.78, 5) is 18.7. The highest BCUT2D eigenvalue weighted by molar-refractivity contribution is 6.02. The lowest BCUT2D eigenvalue weighted by Crippen LogP contribution is -2.45. The Labute approximate surface area is 178 Å². The van der Waals surface area contributed by atoms with E-state index in [9.17, 15) is 4.79 Å². The Morgan fingerprint density at radius 1 is 1.17 bits per heavy atom. The maximum Gasteiger partial charge on any atom is 0.248 e. The number of amides is 1. The highest BCUT2D eigenvalue weighted by Gasteiger charge is 2.24. The normalized spacial score (nSPS) is 19.6. The van der Waals surface area contributed by atoms with E-state index in [-0.39, 0.29) is 5.91 Å². The number of carbonyl (C=O) groups is 1.